The zero-order valence-corrected chi connectivity index (χ0v) is 13.0. The predicted octanol–water partition coefficient (Wildman–Crippen LogP) is 1.89. The maximum absolute atomic E-state index is 5.90. The molecule has 4 heteroatoms. The number of rotatable bonds is 9. The molecule has 0 aromatic rings. The van der Waals surface area contributed by atoms with E-state index in [1.165, 1.54) is 38.8 Å². The van der Waals surface area contributed by atoms with Crippen molar-refractivity contribution in [2.24, 2.45) is 0 Å². The molecule has 0 aromatic heterocycles. The smallest absolute Gasteiger partial charge is 0.240 e. The van der Waals surface area contributed by atoms with Gasteiger partial charge in [-0.25, -0.2) is 0 Å². The molecule has 0 aromatic carbocycles. The largest absolute Gasteiger partial charge is 0.452 e. The van der Waals surface area contributed by atoms with E-state index in [1.54, 1.807) is 0 Å². The Hall–Kier alpha value is 0.354. The van der Waals surface area contributed by atoms with Gasteiger partial charge < -0.3 is 8.68 Å². The van der Waals surface area contributed by atoms with Crippen LogP contribution in [0.15, 0.2) is 0 Å². The van der Waals surface area contributed by atoms with Crippen LogP contribution < -0.4 is 0 Å². The van der Waals surface area contributed by atoms with E-state index in [-0.39, 0.29) is 9.76 Å². The Labute approximate surface area is 93.8 Å². The van der Waals surface area contributed by atoms with Crippen LogP contribution in [0.4, 0.5) is 0 Å². The van der Waals surface area contributed by atoms with Crippen molar-refractivity contribution < 1.29 is 4.12 Å². The third kappa shape index (κ3) is 6.76. The molecule has 1 unspecified atom stereocenters. The van der Waals surface area contributed by atoms with Gasteiger partial charge in [-0.3, -0.25) is 0 Å². The van der Waals surface area contributed by atoms with Gasteiger partial charge in [-0.05, 0) is 32.5 Å². The van der Waals surface area contributed by atoms with E-state index in [9.17, 15) is 0 Å². The minimum absolute atomic E-state index is 0.203. The molecule has 2 nitrogen and oxygen atoms in total. The van der Waals surface area contributed by atoms with Crippen LogP contribution in [0.3, 0.4) is 0 Å². The minimum Gasteiger partial charge on any atom is -0.452 e. The van der Waals surface area contributed by atoms with Crippen LogP contribution in [0, 0.1) is 0 Å². The fraction of sp³-hybridized carbons (Fsp3) is 1.00. The molecule has 14 heavy (non-hydrogen) atoms. The number of unbranched alkanes of at least 4 members (excludes halogenated alkanes) is 2. The Bertz CT molecular complexity index is 117. The molecule has 0 radical (unpaired) electrons. The van der Waals surface area contributed by atoms with E-state index in [4.69, 9.17) is 4.12 Å². The quantitative estimate of drug-likeness (QED) is 0.564. The Morgan fingerprint density at radius 3 is 2.00 bits per heavy atom. The average molecular weight is 234 g/mol. The molecule has 0 rings (SSSR count). The van der Waals surface area contributed by atoms with Gasteiger partial charge in [-0.15, -0.1) is 0 Å². The van der Waals surface area contributed by atoms with Gasteiger partial charge in [-0.2, -0.15) is 0 Å². The Morgan fingerprint density at radius 1 is 1.14 bits per heavy atom. The number of hydrogen-bond acceptors (Lipinski definition) is 2. The summed E-state index contributed by atoms with van der Waals surface area (Å²) in [6.07, 6.45) is 5.26. The van der Waals surface area contributed by atoms with Crippen LogP contribution in [-0.4, -0.2) is 36.6 Å². The van der Waals surface area contributed by atoms with E-state index in [0.717, 1.165) is 0 Å². The number of hydrogen-bond donors (Lipinski definition) is 0. The summed E-state index contributed by atoms with van der Waals surface area (Å²) >= 11 is 0. The lowest BCUT2D eigenvalue weighted by Crippen LogP contribution is -2.41. The van der Waals surface area contributed by atoms with E-state index in [0.29, 0.717) is 0 Å². The Balaban J connectivity index is 3.81. The fourth-order valence-corrected chi connectivity index (χ4v) is 5.41. The average Bonchev–Trinajstić information content (AvgIpc) is 2.18. The third-order valence-electron chi connectivity index (χ3n) is 2.52. The molecule has 0 heterocycles. The first-order chi connectivity index (χ1) is 6.76. The molecule has 0 aliphatic carbocycles. The maximum Gasteiger partial charge on any atom is 0.240 e. The van der Waals surface area contributed by atoms with Crippen molar-refractivity contribution in [2.45, 2.75) is 52.6 Å². The molecule has 0 saturated heterocycles. The molecule has 0 fully saturated rings. The second kappa shape index (κ2) is 9.89. The van der Waals surface area contributed by atoms with Crippen molar-refractivity contribution in [2.75, 3.05) is 13.1 Å². The highest BCUT2D eigenvalue weighted by Gasteiger charge is 2.13. The summed E-state index contributed by atoms with van der Waals surface area (Å²) in [6.45, 7) is 11.6. The second-order valence-corrected chi connectivity index (χ2v) is 7.64. The van der Waals surface area contributed by atoms with E-state index in [1.807, 2.05) is 0 Å². The summed E-state index contributed by atoms with van der Waals surface area (Å²) in [5.41, 5.74) is 0. The molecular formula is C10H27NOSi2. The summed E-state index contributed by atoms with van der Waals surface area (Å²) in [5.74, 6) is 0. The van der Waals surface area contributed by atoms with Crippen molar-refractivity contribution in [1.82, 2.24) is 4.57 Å². The van der Waals surface area contributed by atoms with Crippen LogP contribution in [-0.2, 0) is 4.12 Å². The monoisotopic (exact) mass is 233 g/mol. The molecule has 0 saturated carbocycles. The van der Waals surface area contributed by atoms with Crippen molar-refractivity contribution in [1.29, 1.82) is 0 Å². The summed E-state index contributed by atoms with van der Waals surface area (Å²) < 4.78 is 8.53. The van der Waals surface area contributed by atoms with Crippen LogP contribution >= 0.6 is 0 Å². The molecule has 1 atom stereocenters. The molecule has 86 valence electrons. The SMILES string of the molecule is CCCCN(CCCC)[SiH](C)O[SiH2]C. The van der Waals surface area contributed by atoms with Crippen molar-refractivity contribution in [3.05, 3.63) is 0 Å². The van der Waals surface area contributed by atoms with Crippen LogP contribution in [0.2, 0.25) is 13.1 Å². The highest BCUT2D eigenvalue weighted by Crippen LogP contribution is 2.03. The normalized spacial score (nSPS) is 14.4. The predicted molar refractivity (Wildman–Crippen MR) is 69.9 cm³/mol. The fourth-order valence-electron chi connectivity index (χ4n) is 1.54. The van der Waals surface area contributed by atoms with E-state index in [2.05, 4.69) is 31.5 Å². The molecule has 0 N–H and O–H groups in total. The number of nitrogens with zero attached hydrogens (tertiary/aromatic N) is 1. The van der Waals surface area contributed by atoms with Gasteiger partial charge in [0.2, 0.25) is 9.20 Å². The summed E-state index contributed by atoms with van der Waals surface area (Å²) in [6, 6.07) is 0. The molecule has 0 spiro atoms. The Kier molecular flexibility index (Phi) is 10.1. The highest BCUT2D eigenvalue weighted by atomic mass is 28.4. The first-order valence-electron chi connectivity index (χ1n) is 6.11. The van der Waals surface area contributed by atoms with Gasteiger partial charge in [0.25, 0.3) is 0 Å². The van der Waals surface area contributed by atoms with E-state index < -0.39 is 9.20 Å². The minimum atomic E-state index is -0.985. The van der Waals surface area contributed by atoms with Gasteiger partial charge in [0, 0.05) is 0 Å². The van der Waals surface area contributed by atoms with Gasteiger partial charge in [0.1, 0.15) is 9.76 Å². The lowest BCUT2D eigenvalue weighted by molar-refractivity contribution is 0.364. The topological polar surface area (TPSA) is 12.5 Å². The van der Waals surface area contributed by atoms with Crippen LogP contribution in [0.5, 0.6) is 0 Å². The van der Waals surface area contributed by atoms with Crippen molar-refractivity contribution in [3.8, 4) is 0 Å². The van der Waals surface area contributed by atoms with Crippen LogP contribution in [0.25, 0.3) is 0 Å². The van der Waals surface area contributed by atoms with Crippen molar-refractivity contribution >= 4 is 19.0 Å². The lowest BCUT2D eigenvalue weighted by Gasteiger charge is -2.27. The van der Waals surface area contributed by atoms with Gasteiger partial charge in [-0.1, -0.05) is 33.2 Å². The summed E-state index contributed by atoms with van der Waals surface area (Å²) in [7, 11) is -1.19. The molecule has 0 aliphatic rings. The van der Waals surface area contributed by atoms with Gasteiger partial charge >= 0.3 is 0 Å². The van der Waals surface area contributed by atoms with Crippen LogP contribution in [0.1, 0.15) is 39.5 Å². The lowest BCUT2D eigenvalue weighted by atomic mass is 10.3. The molecule has 0 amide bonds. The molecule has 0 bridgehead atoms. The van der Waals surface area contributed by atoms with Crippen molar-refractivity contribution in [3.63, 3.8) is 0 Å². The first kappa shape index (κ1) is 14.4. The first-order valence-corrected chi connectivity index (χ1v) is 10.2. The Morgan fingerprint density at radius 2 is 1.64 bits per heavy atom. The summed E-state index contributed by atoms with van der Waals surface area (Å²) in [4.78, 5) is 0. The van der Waals surface area contributed by atoms with Gasteiger partial charge in [0.15, 0.2) is 0 Å². The maximum atomic E-state index is 5.90. The highest BCUT2D eigenvalue weighted by molar-refractivity contribution is 6.54. The standard InChI is InChI=1S/C10H27NOSi2/c1-5-7-9-11(10-8-6-2)14(4)12-13-3/h14H,5-10,13H2,1-4H3. The second-order valence-electron chi connectivity index (χ2n) is 3.80. The molecule has 0 aliphatic heterocycles. The zero-order valence-electron chi connectivity index (χ0n) is 10.4. The third-order valence-corrected chi connectivity index (χ3v) is 7.33. The van der Waals surface area contributed by atoms with E-state index >= 15 is 0 Å². The summed E-state index contributed by atoms with van der Waals surface area (Å²) in [5, 5.41) is 0. The zero-order chi connectivity index (χ0) is 10.8. The van der Waals surface area contributed by atoms with Gasteiger partial charge in [0.05, 0.1) is 0 Å². The molecular weight excluding hydrogens is 206 g/mol.